The molecule has 2 fully saturated rings. The van der Waals surface area contributed by atoms with Gasteiger partial charge in [-0.05, 0) is 36.4 Å². The summed E-state index contributed by atoms with van der Waals surface area (Å²) in [4.78, 5) is 22.4. The Balaban J connectivity index is 1.29. The number of nitrogens with one attached hydrogen (secondary N) is 2. The molecule has 3 heterocycles. The number of amides is 1. The Hall–Kier alpha value is -2.51. The van der Waals surface area contributed by atoms with Crippen molar-refractivity contribution in [2.45, 2.75) is 0 Å². The summed E-state index contributed by atoms with van der Waals surface area (Å²) in [5.74, 6) is 1.08. The van der Waals surface area contributed by atoms with E-state index in [1.165, 1.54) is 0 Å². The number of hydrogen-bond acceptors (Lipinski definition) is 6. The minimum absolute atomic E-state index is 0.109. The average molecular weight is 442 g/mol. The molecule has 1 amide bonds. The molecule has 0 radical (unpaired) electrons. The highest BCUT2D eigenvalue weighted by Crippen LogP contribution is 2.38. The van der Waals surface area contributed by atoms with Crippen molar-refractivity contribution in [1.82, 2.24) is 9.88 Å². The molecule has 156 valence electrons. The number of rotatable bonds is 4. The second-order valence-corrected chi connectivity index (χ2v) is 9.45. The monoisotopic (exact) mass is 441 g/mol. The van der Waals surface area contributed by atoms with Crippen LogP contribution in [0.5, 0.6) is 0 Å². The van der Waals surface area contributed by atoms with Crippen molar-refractivity contribution >= 4 is 55.6 Å². The van der Waals surface area contributed by atoms with Crippen molar-refractivity contribution in [2.24, 2.45) is 11.8 Å². The lowest BCUT2D eigenvalue weighted by atomic mass is 10.0. The van der Waals surface area contributed by atoms with Crippen molar-refractivity contribution < 1.29 is 4.79 Å². The molecule has 2 aliphatic heterocycles. The van der Waals surface area contributed by atoms with E-state index < -0.39 is 0 Å². The van der Waals surface area contributed by atoms with Crippen molar-refractivity contribution in [3.63, 3.8) is 0 Å². The van der Waals surface area contributed by atoms with Crippen molar-refractivity contribution in [3.8, 4) is 0 Å². The first-order valence-corrected chi connectivity index (χ1v) is 11.3. The third-order valence-corrected chi connectivity index (χ3v) is 7.51. The summed E-state index contributed by atoms with van der Waals surface area (Å²) in [5.41, 5.74) is 3.58. The predicted molar refractivity (Wildman–Crippen MR) is 125 cm³/mol. The summed E-state index contributed by atoms with van der Waals surface area (Å²) in [6.45, 7) is 3.49. The highest BCUT2D eigenvalue weighted by molar-refractivity contribution is 7.22. The molecule has 2 aromatic carbocycles. The molecule has 8 heteroatoms. The van der Waals surface area contributed by atoms with Gasteiger partial charge in [0.25, 0.3) is 5.91 Å². The maximum absolute atomic E-state index is 13.2. The van der Waals surface area contributed by atoms with Crippen molar-refractivity contribution in [2.75, 3.05) is 55.8 Å². The van der Waals surface area contributed by atoms with Crippen molar-refractivity contribution in [1.29, 1.82) is 0 Å². The normalized spacial score (nSPS) is 20.6. The lowest BCUT2D eigenvalue weighted by molar-refractivity contribution is 0.0783. The van der Waals surface area contributed by atoms with Gasteiger partial charge in [0.2, 0.25) is 0 Å². The Labute approximate surface area is 184 Å². The van der Waals surface area contributed by atoms with E-state index in [-0.39, 0.29) is 5.91 Å². The summed E-state index contributed by atoms with van der Waals surface area (Å²) < 4.78 is 1.12. The molecule has 2 N–H and O–H groups in total. The van der Waals surface area contributed by atoms with E-state index in [2.05, 4.69) is 15.5 Å². The van der Waals surface area contributed by atoms with E-state index in [0.717, 1.165) is 63.5 Å². The number of carbonyl (C=O) groups is 1. The number of fused-ring (bicyclic) bond motifs is 2. The molecule has 3 aromatic rings. The zero-order valence-electron chi connectivity index (χ0n) is 17.0. The minimum Gasteiger partial charge on any atom is -0.388 e. The molecule has 6 nitrogen and oxygen atoms in total. The fraction of sp³-hybridized carbons (Fsp3) is 0.364. The average Bonchev–Trinajstić information content (AvgIpc) is 3.44. The van der Waals surface area contributed by atoms with Gasteiger partial charge in [0.15, 0.2) is 5.13 Å². The van der Waals surface area contributed by atoms with Gasteiger partial charge in [-0.2, -0.15) is 0 Å². The second-order valence-electron chi connectivity index (χ2n) is 8.00. The summed E-state index contributed by atoms with van der Waals surface area (Å²) in [6, 6.07) is 11.7. The van der Waals surface area contributed by atoms with E-state index in [9.17, 15) is 4.79 Å². The van der Waals surface area contributed by atoms with E-state index in [0.29, 0.717) is 11.8 Å². The molecule has 5 rings (SSSR count). The first-order valence-electron chi connectivity index (χ1n) is 10.2. The summed E-state index contributed by atoms with van der Waals surface area (Å²) in [6.07, 6.45) is 0. The number of carbonyl (C=O) groups excluding carboxylic acids is 1. The molecule has 0 bridgehead atoms. The van der Waals surface area contributed by atoms with Gasteiger partial charge in [-0.15, -0.1) is 0 Å². The fourth-order valence-electron chi connectivity index (χ4n) is 4.60. The standard InChI is InChI=1S/C22H24ClN5OS/c1-24-16-4-5-17(19(8-16)25-2)21(29)27-9-13-11-28(12-14(13)10-27)22-26-18-6-3-15(23)7-20(18)30-22/h3-8,13-14,24-25H,9-12H2,1-2H3. The summed E-state index contributed by atoms with van der Waals surface area (Å²) >= 11 is 7.82. The van der Waals surface area contributed by atoms with Crippen LogP contribution in [0.15, 0.2) is 36.4 Å². The topological polar surface area (TPSA) is 60.5 Å². The van der Waals surface area contributed by atoms with E-state index in [1.54, 1.807) is 11.3 Å². The fourth-order valence-corrected chi connectivity index (χ4v) is 5.86. The van der Waals surface area contributed by atoms with Gasteiger partial charge in [-0.3, -0.25) is 4.79 Å². The molecule has 0 aliphatic carbocycles. The number of benzene rings is 2. The Kier molecular flexibility index (Phi) is 4.95. The molecule has 2 saturated heterocycles. The second kappa shape index (κ2) is 7.63. The zero-order valence-corrected chi connectivity index (χ0v) is 18.6. The van der Waals surface area contributed by atoms with Crippen LogP contribution >= 0.6 is 22.9 Å². The highest BCUT2D eigenvalue weighted by Gasteiger charge is 2.42. The van der Waals surface area contributed by atoms with E-state index in [4.69, 9.17) is 16.6 Å². The molecule has 2 aliphatic rings. The van der Waals surface area contributed by atoms with Gasteiger partial charge in [-0.1, -0.05) is 22.9 Å². The van der Waals surface area contributed by atoms with Crippen LogP contribution in [-0.4, -0.2) is 56.1 Å². The lowest BCUT2D eigenvalue weighted by Crippen LogP contribution is -2.33. The van der Waals surface area contributed by atoms with Gasteiger partial charge in [-0.25, -0.2) is 4.98 Å². The van der Waals surface area contributed by atoms with Gasteiger partial charge in [0.1, 0.15) is 0 Å². The Morgan fingerprint density at radius 3 is 2.53 bits per heavy atom. The van der Waals surface area contributed by atoms with Gasteiger partial charge in [0.05, 0.1) is 15.8 Å². The van der Waals surface area contributed by atoms with Crippen molar-refractivity contribution in [3.05, 3.63) is 47.0 Å². The van der Waals surface area contributed by atoms with Crippen LogP contribution in [0.4, 0.5) is 16.5 Å². The van der Waals surface area contributed by atoms with Crippen LogP contribution in [0.25, 0.3) is 10.2 Å². The van der Waals surface area contributed by atoms with Gasteiger partial charge in [0, 0.05) is 68.5 Å². The van der Waals surface area contributed by atoms with Gasteiger partial charge < -0.3 is 20.4 Å². The third-order valence-electron chi connectivity index (χ3n) is 6.19. The molecule has 0 spiro atoms. The number of thiazole rings is 1. The largest absolute Gasteiger partial charge is 0.388 e. The maximum atomic E-state index is 13.2. The number of hydrogen-bond donors (Lipinski definition) is 2. The van der Waals surface area contributed by atoms with Crippen LogP contribution in [0.3, 0.4) is 0 Å². The van der Waals surface area contributed by atoms with Crippen LogP contribution in [0, 0.1) is 11.8 Å². The molecular weight excluding hydrogens is 418 g/mol. The SMILES string of the molecule is CNc1ccc(C(=O)N2CC3CN(c4nc5ccc(Cl)cc5s4)CC3C2)c(NC)c1. The molecule has 0 saturated carbocycles. The van der Waals surface area contributed by atoms with E-state index in [1.807, 2.05) is 55.4 Å². The van der Waals surface area contributed by atoms with Crippen LogP contribution in [0.1, 0.15) is 10.4 Å². The first-order chi connectivity index (χ1) is 14.6. The number of anilines is 3. The summed E-state index contributed by atoms with van der Waals surface area (Å²) in [7, 11) is 3.73. The smallest absolute Gasteiger partial charge is 0.255 e. The van der Waals surface area contributed by atoms with Crippen LogP contribution in [-0.2, 0) is 0 Å². The number of nitrogens with zero attached hydrogens (tertiary/aromatic N) is 3. The quantitative estimate of drug-likeness (QED) is 0.634. The maximum Gasteiger partial charge on any atom is 0.255 e. The first kappa shape index (κ1) is 19.5. The molecular formula is C22H24ClN5OS. The number of aromatic nitrogens is 1. The van der Waals surface area contributed by atoms with Gasteiger partial charge >= 0.3 is 0 Å². The third kappa shape index (κ3) is 3.36. The minimum atomic E-state index is 0.109. The predicted octanol–water partition coefficient (Wildman–Crippen LogP) is 4.24. The molecule has 2 unspecified atom stereocenters. The Morgan fingerprint density at radius 2 is 1.83 bits per heavy atom. The molecule has 1 aromatic heterocycles. The zero-order chi connectivity index (χ0) is 20.8. The highest BCUT2D eigenvalue weighted by atomic mass is 35.5. The molecule has 30 heavy (non-hydrogen) atoms. The molecule has 2 atom stereocenters. The Bertz CT molecular complexity index is 1100. The van der Waals surface area contributed by atoms with E-state index >= 15 is 0 Å². The lowest BCUT2D eigenvalue weighted by Gasteiger charge is -2.22. The Morgan fingerprint density at radius 1 is 1.07 bits per heavy atom. The summed E-state index contributed by atoms with van der Waals surface area (Å²) in [5, 5.41) is 8.08. The number of likely N-dealkylation sites (tertiary alicyclic amines) is 1. The number of halogens is 1. The van der Waals surface area contributed by atoms with Crippen LogP contribution < -0.4 is 15.5 Å². The van der Waals surface area contributed by atoms with Crippen LogP contribution in [0.2, 0.25) is 5.02 Å².